The van der Waals surface area contributed by atoms with Crippen LogP contribution in [-0.4, -0.2) is 28.9 Å². The number of carbonyl (C=O) groups is 1. The third kappa shape index (κ3) is 3.35. The zero-order valence-electron chi connectivity index (χ0n) is 12.2. The number of carbonyl (C=O) groups excluding carboxylic acids is 1. The molecule has 2 aromatic rings. The monoisotopic (exact) mass is 300 g/mol. The molecule has 0 fully saturated rings. The van der Waals surface area contributed by atoms with Crippen molar-refractivity contribution in [2.75, 3.05) is 7.11 Å². The number of phenols is 2. The molecular weight excluding hydrogens is 284 g/mol. The molecule has 0 aromatic heterocycles. The molecule has 6 heteroatoms. The van der Waals surface area contributed by atoms with Gasteiger partial charge in [0.1, 0.15) is 17.2 Å². The lowest BCUT2D eigenvalue weighted by molar-refractivity contribution is 0.0952. The fourth-order valence-electron chi connectivity index (χ4n) is 1.87. The molecule has 0 aliphatic carbocycles. The summed E-state index contributed by atoms with van der Waals surface area (Å²) in [6.45, 7) is 1.65. The van der Waals surface area contributed by atoms with E-state index in [2.05, 4.69) is 10.5 Å². The van der Waals surface area contributed by atoms with Gasteiger partial charge in [-0.2, -0.15) is 5.10 Å². The van der Waals surface area contributed by atoms with E-state index in [0.717, 1.165) is 0 Å². The fraction of sp³-hybridized carbons (Fsp3) is 0.125. The Morgan fingerprint density at radius 3 is 2.45 bits per heavy atom. The van der Waals surface area contributed by atoms with Gasteiger partial charge in [-0.15, -0.1) is 0 Å². The second kappa shape index (κ2) is 6.62. The third-order valence-electron chi connectivity index (χ3n) is 3.07. The van der Waals surface area contributed by atoms with Crippen LogP contribution in [0.2, 0.25) is 0 Å². The molecule has 1 amide bonds. The summed E-state index contributed by atoms with van der Waals surface area (Å²) in [6, 6.07) is 10.9. The van der Waals surface area contributed by atoms with Crippen molar-refractivity contribution in [1.82, 2.24) is 5.43 Å². The minimum atomic E-state index is -0.537. The highest BCUT2D eigenvalue weighted by atomic mass is 16.5. The number of para-hydroxylation sites is 1. The van der Waals surface area contributed by atoms with Crippen molar-refractivity contribution >= 4 is 11.6 Å². The molecular formula is C16H16N2O4. The van der Waals surface area contributed by atoms with E-state index in [1.165, 1.54) is 25.3 Å². The van der Waals surface area contributed by atoms with Crippen LogP contribution in [0, 0.1) is 0 Å². The quantitative estimate of drug-likeness (QED) is 0.596. The highest BCUT2D eigenvalue weighted by molar-refractivity contribution is 6.03. The number of hydrogen-bond acceptors (Lipinski definition) is 5. The molecule has 0 atom stereocenters. The summed E-state index contributed by atoms with van der Waals surface area (Å²) in [7, 11) is 1.50. The maximum absolute atomic E-state index is 11.9. The van der Waals surface area contributed by atoms with Gasteiger partial charge in [0.15, 0.2) is 0 Å². The summed E-state index contributed by atoms with van der Waals surface area (Å²) in [5.74, 6) is -0.143. The van der Waals surface area contributed by atoms with E-state index in [-0.39, 0.29) is 17.1 Å². The van der Waals surface area contributed by atoms with Crippen LogP contribution < -0.4 is 10.2 Å². The Balaban J connectivity index is 2.16. The van der Waals surface area contributed by atoms with Crippen molar-refractivity contribution in [2.24, 2.45) is 5.10 Å². The number of nitrogens with zero attached hydrogens (tertiary/aromatic N) is 1. The lowest BCUT2D eigenvalue weighted by atomic mass is 10.1. The van der Waals surface area contributed by atoms with E-state index in [1.54, 1.807) is 31.2 Å². The standard InChI is InChI=1S/C16H16N2O4/c1-10(12-8-7-11(22-2)9-15(12)20)17-18-16(21)13-5-3-4-6-14(13)19/h3-9,19-20H,1-2H3,(H,18,21)/b17-10+. The zero-order valence-corrected chi connectivity index (χ0v) is 12.2. The van der Waals surface area contributed by atoms with E-state index in [9.17, 15) is 15.0 Å². The number of hydrazone groups is 1. The maximum Gasteiger partial charge on any atom is 0.275 e. The molecule has 0 spiro atoms. The molecule has 0 aliphatic heterocycles. The SMILES string of the molecule is COc1ccc(/C(C)=N/NC(=O)c2ccccc2O)c(O)c1. The predicted molar refractivity (Wildman–Crippen MR) is 82.4 cm³/mol. The van der Waals surface area contributed by atoms with Gasteiger partial charge in [-0.3, -0.25) is 4.79 Å². The van der Waals surface area contributed by atoms with Crippen LogP contribution in [0.4, 0.5) is 0 Å². The van der Waals surface area contributed by atoms with Crippen LogP contribution in [0.25, 0.3) is 0 Å². The lowest BCUT2D eigenvalue weighted by Crippen LogP contribution is -2.19. The number of aromatic hydroxyl groups is 2. The van der Waals surface area contributed by atoms with E-state index in [0.29, 0.717) is 17.0 Å². The molecule has 2 rings (SSSR count). The van der Waals surface area contributed by atoms with E-state index < -0.39 is 5.91 Å². The number of nitrogens with one attached hydrogen (secondary N) is 1. The molecule has 2 aromatic carbocycles. The first kappa shape index (κ1) is 15.4. The van der Waals surface area contributed by atoms with Crippen molar-refractivity contribution in [3.05, 3.63) is 53.6 Å². The Morgan fingerprint density at radius 2 is 1.82 bits per heavy atom. The van der Waals surface area contributed by atoms with Crippen molar-refractivity contribution < 1.29 is 19.7 Å². The summed E-state index contributed by atoms with van der Waals surface area (Å²) in [5, 5.41) is 23.4. The average Bonchev–Trinajstić information content (AvgIpc) is 2.52. The lowest BCUT2D eigenvalue weighted by Gasteiger charge is -2.07. The average molecular weight is 300 g/mol. The Kier molecular flexibility index (Phi) is 4.63. The van der Waals surface area contributed by atoms with Gasteiger partial charge in [0.2, 0.25) is 0 Å². The Bertz CT molecular complexity index is 726. The predicted octanol–water partition coefficient (Wildman–Crippen LogP) is 2.26. The van der Waals surface area contributed by atoms with Gasteiger partial charge in [-0.05, 0) is 31.2 Å². The van der Waals surface area contributed by atoms with Gasteiger partial charge in [0.05, 0.1) is 18.4 Å². The van der Waals surface area contributed by atoms with Gasteiger partial charge >= 0.3 is 0 Å². The largest absolute Gasteiger partial charge is 0.507 e. The molecule has 0 heterocycles. The van der Waals surface area contributed by atoms with Crippen LogP contribution in [0.5, 0.6) is 17.2 Å². The minimum Gasteiger partial charge on any atom is -0.507 e. The Morgan fingerprint density at radius 1 is 1.09 bits per heavy atom. The van der Waals surface area contributed by atoms with E-state index >= 15 is 0 Å². The van der Waals surface area contributed by atoms with Crippen LogP contribution in [-0.2, 0) is 0 Å². The number of hydrogen-bond donors (Lipinski definition) is 3. The minimum absolute atomic E-state index is 0.00240. The summed E-state index contributed by atoms with van der Waals surface area (Å²) < 4.78 is 5.00. The molecule has 0 aliphatic rings. The molecule has 22 heavy (non-hydrogen) atoms. The van der Waals surface area contributed by atoms with Gasteiger partial charge in [-0.1, -0.05) is 12.1 Å². The number of amides is 1. The van der Waals surface area contributed by atoms with Crippen molar-refractivity contribution in [1.29, 1.82) is 0 Å². The first-order valence-corrected chi connectivity index (χ1v) is 6.53. The first-order valence-electron chi connectivity index (χ1n) is 6.53. The molecule has 3 N–H and O–H groups in total. The number of benzene rings is 2. The van der Waals surface area contributed by atoms with E-state index in [1.807, 2.05) is 0 Å². The maximum atomic E-state index is 11.9. The number of phenolic OH excluding ortho intramolecular Hbond substituents is 2. The van der Waals surface area contributed by atoms with Crippen LogP contribution in [0.1, 0.15) is 22.8 Å². The second-order valence-corrected chi connectivity index (χ2v) is 4.54. The van der Waals surface area contributed by atoms with Crippen molar-refractivity contribution in [3.63, 3.8) is 0 Å². The molecule has 0 unspecified atom stereocenters. The molecule has 6 nitrogen and oxygen atoms in total. The summed E-state index contributed by atoms with van der Waals surface area (Å²) in [5.41, 5.74) is 3.35. The zero-order chi connectivity index (χ0) is 16.1. The van der Waals surface area contributed by atoms with Crippen LogP contribution in [0.3, 0.4) is 0 Å². The second-order valence-electron chi connectivity index (χ2n) is 4.54. The van der Waals surface area contributed by atoms with Crippen LogP contribution >= 0.6 is 0 Å². The number of rotatable bonds is 4. The van der Waals surface area contributed by atoms with Gasteiger partial charge in [-0.25, -0.2) is 5.43 Å². The smallest absolute Gasteiger partial charge is 0.275 e. The van der Waals surface area contributed by atoms with Crippen molar-refractivity contribution in [3.8, 4) is 17.2 Å². The molecule has 0 saturated carbocycles. The van der Waals surface area contributed by atoms with Gasteiger partial charge in [0, 0.05) is 11.6 Å². The number of methoxy groups -OCH3 is 1. The third-order valence-corrected chi connectivity index (χ3v) is 3.07. The first-order chi connectivity index (χ1) is 10.5. The topological polar surface area (TPSA) is 91.2 Å². The molecule has 0 bridgehead atoms. The van der Waals surface area contributed by atoms with Crippen LogP contribution in [0.15, 0.2) is 47.6 Å². The summed E-state index contributed by atoms with van der Waals surface area (Å²) in [6.07, 6.45) is 0. The molecule has 0 saturated heterocycles. The van der Waals surface area contributed by atoms with Gasteiger partial charge < -0.3 is 14.9 Å². The van der Waals surface area contributed by atoms with Crippen molar-refractivity contribution in [2.45, 2.75) is 6.92 Å². The number of ether oxygens (including phenoxy) is 1. The highest BCUT2D eigenvalue weighted by Gasteiger charge is 2.10. The summed E-state index contributed by atoms with van der Waals surface area (Å²) in [4.78, 5) is 11.9. The molecule has 114 valence electrons. The Labute approximate surface area is 127 Å². The molecule has 0 radical (unpaired) electrons. The highest BCUT2D eigenvalue weighted by Crippen LogP contribution is 2.24. The van der Waals surface area contributed by atoms with Gasteiger partial charge in [0.25, 0.3) is 5.91 Å². The summed E-state index contributed by atoms with van der Waals surface area (Å²) >= 11 is 0. The Hall–Kier alpha value is -3.02. The normalized spacial score (nSPS) is 11.1. The fourth-order valence-corrected chi connectivity index (χ4v) is 1.87. The van der Waals surface area contributed by atoms with E-state index in [4.69, 9.17) is 4.74 Å².